The Morgan fingerprint density at radius 2 is 2.00 bits per heavy atom. The van der Waals surface area contributed by atoms with Gasteiger partial charge in [0.1, 0.15) is 17.4 Å². The molecule has 1 saturated heterocycles. The number of pyridine rings is 1. The highest BCUT2D eigenvalue weighted by Crippen LogP contribution is 2.46. The Labute approximate surface area is 181 Å². The van der Waals surface area contributed by atoms with Gasteiger partial charge in [-0.25, -0.2) is 9.37 Å². The lowest BCUT2D eigenvalue weighted by Crippen LogP contribution is -2.58. The molecule has 0 bridgehead atoms. The van der Waals surface area contributed by atoms with E-state index in [0.717, 1.165) is 24.6 Å². The predicted molar refractivity (Wildman–Crippen MR) is 107 cm³/mol. The lowest BCUT2D eigenvalue weighted by molar-refractivity contribution is -0.137. The first-order valence-corrected chi connectivity index (χ1v) is 10.1. The molecule has 1 amide bonds. The maximum absolute atomic E-state index is 14.2. The molecule has 2 aromatic rings. The third kappa shape index (κ3) is 4.42. The van der Waals surface area contributed by atoms with Crippen molar-refractivity contribution < 1.29 is 27.1 Å². The van der Waals surface area contributed by atoms with Crippen molar-refractivity contribution in [2.45, 2.75) is 31.9 Å². The molecule has 1 aliphatic heterocycles. The summed E-state index contributed by atoms with van der Waals surface area (Å²) in [6.07, 6.45) is -1.95. The Balaban J connectivity index is 1.43. The van der Waals surface area contributed by atoms with Gasteiger partial charge in [-0.15, -0.1) is 0 Å². The van der Waals surface area contributed by atoms with Crippen LogP contribution in [0.1, 0.15) is 47.2 Å². The van der Waals surface area contributed by atoms with Crippen molar-refractivity contribution >= 4 is 23.3 Å². The molecule has 166 valence electrons. The number of carbonyl (C=O) groups excluding carboxylic acids is 1. The summed E-state index contributed by atoms with van der Waals surface area (Å²) in [5.41, 5.74) is 4.57. The third-order valence-electron chi connectivity index (χ3n) is 5.57. The summed E-state index contributed by atoms with van der Waals surface area (Å²) in [5, 5.41) is -0.401. The Bertz CT molecular complexity index is 1030. The van der Waals surface area contributed by atoms with Crippen LogP contribution in [0.25, 0.3) is 0 Å². The maximum atomic E-state index is 14.2. The number of anilines is 1. The Kier molecular flexibility index (Phi) is 5.28. The normalized spacial score (nSPS) is 17.9. The largest absolute Gasteiger partial charge is 0.492 e. The van der Waals surface area contributed by atoms with Crippen molar-refractivity contribution in [2.24, 2.45) is 11.1 Å². The van der Waals surface area contributed by atoms with Crippen molar-refractivity contribution in [3.05, 3.63) is 51.9 Å². The van der Waals surface area contributed by atoms with E-state index in [4.69, 9.17) is 22.1 Å². The molecule has 0 radical (unpaired) electrons. The van der Waals surface area contributed by atoms with E-state index in [0.29, 0.717) is 24.7 Å². The number of aromatic nitrogens is 1. The van der Waals surface area contributed by atoms with E-state index in [1.165, 1.54) is 18.2 Å². The number of primary amides is 1. The molecule has 2 aliphatic rings. The molecule has 1 aromatic carbocycles. The van der Waals surface area contributed by atoms with E-state index in [2.05, 4.69) is 4.98 Å². The monoisotopic (exact) mass is 457 g/mol. The third-order valence-corrected chi connectivity index (χ3v) is 5.88. The second-order valence-corrected chi connectivity index (χ2v) is 8.89. The minimum atomic E-state index is -4.56. The van der Waals surface area contributed by atoms with E-state index in [1.807, 2.05) is 6.92 Å². The fraction of sp³-hybridized carbons (Fsp3) is 0.429. The van der Waals surface area contributed by atoms with Crippen LogP contribution in [-0.4, -0.2) is 30.6 Å². The molecular formula is C21H20ClF4N3O2. The molecule has 1 saturated carbocycles. The van der Waals surface area contributed by atoms with Gasteiger partial charge in [0.2, 0.25) is 0 Å². The number of hydrogen-bond donors (Lipinski definition) is 1. The highest BCUT2D eigenvalue weighted by molar-refractivity contribution is 6.31. The minimum absolute atomic E-state index is 0.152. The van der Waals surface area contributed by atoms with Gasteiger partial charge >= 0.3 is 6.18 Å². The number of benzene rings is 1. The average Bonchev–Trinajstić information content (AvgIpc) is 3.47. The van der Waals surface area contributed by atoms with Crippen LogP contribution in [0.15, 0.2) is 24.4 Å². The van der Waals surface area contributed by atoms with Crippen LogP contribution < -0.4 is 15.4 Å². The topological polar surface area (TPSA) is 68.5 Å². The van der Waals surface area contributed by atoms with Gasteiger partial charge in [-0.3, -0.25) is 4.79 Å². The van der Waals surface area contributed by atoms with Crippen molar-refractivity contribution in [1.82, 2.24) is 4.98 Å². The summed E-state index contributed by atoms with van der Waals surface area (Å²) in [6.45, 7) is 3.21. The van der Waals surface area contributed by atoms with Crippen LogP contribution in [-0.2, 0) is 6.18 Å². The van der Waals surface area contributed by atoms with Gasteiger partial charge in [0.05, 0.1) is 22.8 Å². The van der Waals surface area contributed by atoms with Gasteiger partial charge < -0.3 is 15.4 Å². The van der Waals surface area contributed by atoms with E-state index >= 15 is 0 Å². The molecule has 0 spiro atoms. The molecule has 10 heteroatoms. The number of rotatable bonds is 6. The number of halogens is 5. The number of alkyl halides is 3. The lowest BCUT2D eigenvalue weighted by Gasteiger charge is -2.48. The van der Waals surface area contributed by atoms with Crippen molar-refractivity contribution in [3.63, 3.8) is 0 Å². The average molecular weight is 458 g/mol. The second-order valence-electron chi connectivity index (χ2n) is 8.48. The first-order chi connectivity index (χ1) is 14.5. The summed E-state index contributed by atoms with van der Waals surface area (Å²) in [7, 11) is 0. The van der Waals surface area contributed by atoms with Crippen molar-refractivity contribution in [1.29, 1.82) is 0 Å². The zero-order valence-electron chi connectivity index (χ0n) is 16.6. The summed E-state index contributed by atoms with van der Waals surface area (Å²) >= 11 is 5.77. The molecule has 0 unspecified atom stereocenters. The fourth-order valence-electron chi connectivity index (χ4n) is 3.78. The van der Waals surface area contributed by atoms with E-state index in [-0.39, 0.29) is 23.5 Å². The van der Waals surface area contributed by atoms with Crippen LogP contribution in [0, 0.1) is 11.2 Å². The molecule has 1 aromatic heterocycles. The molecule has 4 rings (SSSR count). The van der Waals surface area contributed by atoms with E-state index in [1.54, 1.807) is 4.90 Å². The van der Waals surface area contributed by atoms with Crippen molar-refractivity contribution in [3.8, 4) is 5.75 Å². The molecule has 2 heterocycles. The summed E-state index contributed by atoms with van der Waals surface area (Å²) in [4.78, 5) is 17.1. The molecular weight excluding hydrogens is 438 g/mol. The summed E-state index contributed by atoms with van der Waals surface area (Å²) < 4.78 is 58.7. The second kappa shape index (κ2) is 7.55. The Morgan fingerprint density at radius 1 is 1.32 bits per heavy atom. The Hall–Kier alpha value is -2.55. The van der Waals surface area contributed by atoms with Gasteiger partial charge in [-0.05, 0) is 36.5 Å². The van der Waals surface area contributed by atoms with Gasteiger partial charge in [-0.2, -0.15) is 13.2 Å². The fourth-order valence-corrected chi connectivity index (χ4v) is 4.04. The van der Waals surface area contributed by atoms with Gasteiger partial charge in [0.15, 0.2) is 0 Å². The van der Waals surface area contributed by atoms with Crippen LogP contribution in [0.2, 0.25) is 5.02 Å². The van der Waals surface area contributed by atoms with Crippen LogP contribution in [0.5, 0.6) is 5.75 Å². The molecule has 0 atom stereocenters. The molecule has 5 nitrogen and oxygen atoms in total. The van der Waals surface area contributed by atoms with Gasteiger partial charge in [0.25, 0.3) is 5.91 Å². The molecule has 1 aliphatic carbocycles. The Morgan fingerprint density at radius 3 is 2.55 bits per heavy atom. The van der Waals surface area contributed by atoms with Crippen LogP contribution in [0.4, 0.5) is 23.4 Å². The number of carbonyl (C=O) groups is 1. The highest BCUT2D eigenvalue weighted by atomic mass is 35.5. The van der Waals surface area contributed by atoms with Crippen LogP contribution >= 0.6 is 11.6 Å². The molecule has 31 heavy (non-hydrogen) atoms. The van der Waals surface area contributed by atoms with Crippen LogP contribution in [0.3, 0.4) is 0 Å². The predicted octanol–water partition coefficient (Wildman–Crippen LogP) is 4.77. The van der Waals surface area contributed by atoms with Crippen molar-refractivity contribution in [2.75, 3.05) is 24.6 Å². The quantitative estimate of drug-likeness (QED) is 0.634. The van der Waals surface area contributed by atoms with Gasteiger partial charge in [0, 0.05) is 30.8 Å². The van der Waals surface area contributed by atoms with E-state index in [9.17, 15) is 22.4 Å². The lowest BCUT2D eigenvalue weighted by atomic mass is 9.83. The molecule has 2 N–H and O–H groups in total. The van der Waals surface area contributed by atoms with E-state index < -0.39 is 28.5 Å². The maximum Gasteiger partial charge on any atom is 0.419 e. The first-order valence-electron chi connectivity index (χ1n) is 9.70. The number of ether oxygens (including phenoxy) is 1. The number of nitrogens with zero attached hydrogens (tertiary/aromatic N) is 2. The smallest absolute Gasteiger partial charge is 0.419 e. The molecule has 2 fully saturated rings. The minimum Gasteiger partial charge on any atom is -0.492 e. The summed E-state index contributed by atoms with van der Waals surface area (Å²) in [6, 6.07) is 3.87. The SMILES string of the molecule is CC1(COc2cc(F)c(C(N)=O)cc2C2CC2)CN(c2cc(Cl)c(C(F)(F)F)cn2)C1. The highest BCUT2D eigenvalue weighted by Gasteiger charge is 2.42. The number of amides is 1. The number of nitrogens with two attached hydrogens (primary N) is 1. The zero-order chi connectivity index (χ0) is 22.6. The first kappa shape index (κ1) is 21.7. The van der Waals surface area contributed by atoms with Gasteiger partial charge in [-0.1, -0.05) is 18.5 Å². The zero-order valence-corrected chi connectivity index (χ0v) is 17.4. The standard InChI is InChI=1S/C21H20ClF4N3O2/c1-20(8-29(9-20)18-5-15(22)14(7-28-18)21(24,25)26)10-31-17-6-16(23)13(19(27)30)4-12(17)11-2-3-11/h4-7,11H,2-3,8-10H2,1H3,(H2,27,30). The number of hydrogen-bond acceptors (Lipinski definition) is 4. The summed E-state index contributed by atoms with van der Waals surface area (Å²) in [5.74, 6) is -0.588.